The van der Waals surface area contributed by atoms with Gasteiger partial charge in [-0.15, -0.1) is 0 Å². The fraction of sp³-hybridized carbons (Fsp3) is 0.0893. The van der Waals surface area contributed by atoms with E-state index in [0.717, 1.165) is 66.9 Å². The number of hydrogen-bond acceptors (Lipinski definition) is 3. The highest BCUT2D eigenvalue weighted by Crippen LogP contribution is 2.41. The summed E-state index contributed by atoms with van der Waals surface area (Å²) in [7, 11) is 0. The van der Waals surface area contributed by atoms with E-state index in [-0.39, 0.29) is 0 Å². The fourth-order valence-electron chi connectivity index (χ4n) is 8.84. The molecule has 0 aliphatic heterocycles. The quantitative estimate of drug-likeness (QED) is 0.161. The summed E-state index contributed by atoms with van der Waals surface area (Å²) in [6.07, 6.45) is -4.53. The monoisotopic (exact) mass is 826 g/mol. The van der Waals surface area contributed by atoms with Crippen LogP contribution in [0, 0.1) is 27.7 Å². The van der Waals surface area contributed by atoms with Gasteiger partial charge in [0.15, 0.2) is 17.5 Å². The third kappa shape index (κ3) is 7.67. The Labute approximate surface area is 364 Å². The molecule has 7 heteroatoms. The molecule has 0 fully saturated rings. The van der Waals surface area contributed by atoms with Crippen molar-refractivity contribution >= 4 is 21.8 Å². The molecular weight excluding hydrogens is 786 g/mol. The Morgan fingerprint density at radius 3 is 1.33 bits per heavy atom. The van der Waals surface area contributed by atoms with Crippen molar-refractivity contribution in [2.75, 3.05) is 0 Å². The standard InChI is InChI=1S/C56H41F3N4/c1-34-24-35(2)27-43(26-34)40-18-22-51-48(31-40)49-32-41(44-28-36(3)25-37(4)29-44)19-23-52(49)63(51)46-20-21-47(42-16-11-17-45(30-42)56(57,58)59)50(33-46)55-61-53(38-12-7-5-8-13-38)60-54(62-55)39-14-9-6-10-15-39/h5-33H,1-4H3. The number of aryl methyl sites for hydroxylation is 4. The van der Waals surface area contributed by atoms with Crippen LogP contribution in [0.25, 0.3) is 95.0 Å². The van der Waals surface area contributed by atoms with Gasteiger partial charge >= 0.3 is 6.18 Å². The van der Waals surface area contributed by atoms with E-state index in [9.17, 15) is 13.2 Å². The molecule has 4 nitrogen and oxygen atoms in total. The molecule has 0 aliphatic rings. The summed E-state index contributed by atoms with van der Waals surface area (Å²) >= 11 is 0. The molecule has 10 aromatic rings. The van der Waals surface area contributed by atoms with Gasteiger partial charge in [0.2, 0.25) is 0 Å². The maximum atomic E-state index is 14.3. The molecule has 0 amide bonds. The van der Waals surface area contributed by atoms with Crippen LogP contribution in [-0.2, 0) is 6.18 Å². The Balaban J connectivity index is 1.25. The largest absolute Gasteiger partial charge is 0.416 e. The van der Waals surface area contributed by atoms with Crippen LogP contribution in [0.3, 0.4) is 0 Å². The van der Waals surface area contributed by atoms with Crippen LogP contribution < -0.4 is 0 Å². The van der Waals surface area contributed by atoms with Crippen LogP contribution in [0.1, 0.15) is 27.8 Å². The lowest BCUT2D eigenvalue weighted by atomic mass is 9.96. The van der Waals surface area contributed by atoms with Crippen LogP contribution >= 0.6 is 0 Å². The number of aromatic nitrogens is 4. The smallest absolute Gasteiger partial charge is 0.309 e. The van der Waals surface area contributed by atoms with Gasteiger partial charge in [-0.1, -0.05) is 150 Å². The fourth-order valence-corrected chi connectivity index (χ4v) is 8.84. The van der Waals surface area contributed by atoms with Gasteiger partial charge in [-0.3, -0.25) is 0 Å². The Hall–Kier alpha value is -7.64. The maximum Gasteiger partial charge on any atom is 0.416 e. The van der Waals surface area contributed by atoms with E-state index < -0.39 is 11.7 Å². The summed E-state index contributed by atoms with van der Waals surface area (Å²) in [6.45, 7) is 8.48. The Morgan fingerprint density at radius 1 is 0.365 bits per heavy atom. The van der Waals surface area contributed by atoms with Crippen molar-refractivity contribution in [1.82, 2.24) is 19.5 Å². The average molecular weight is 827 g/mol. The minimum Gasteiger partial charge on any atom is -0.309 e. The molecule has 2 aromatic heterocycles. The molecule has 0 unspecified atom stereocenters. The lowest BCUT2D eigenvalue weighted by molar-refractivity contribution is -0.137. The number of nitrogens with zero attached hydrogens (tertiary/aromatic N) is 4. The third-order valence-corrected chi connectivity index (χ3v) is 11.6. The predicted octanol–water partition coefficient (Wildman–Crippen LogP) is 15.2. The Bertz CT molecular complexity index is 3160. The van der Waals surface area contributed by atoms with Crippen molar-refractivity contribution in [2.24, 2.45) is 0 Å². The van der Waals surface area contributed by atoms with Crippen molar-refractivity contribution in [2.45, 2.75) is 33.9 Å². The zero-order valence-corrected chi connectivity index (χ0v) is 35.2. The molecule has 8 aromatic carbocycles. The molecule has 0 atom stereocenters. The second-order valence-corrected chi connectivity index (χ2v) is 16.4. The zero-order chi connectivity index (χ0) is 43.4. The molecule has 306 valence electrons. The molecule has 0 bridgehead atoms. The highest BCUT2D eigenvalue weighted by atomic mass is 19.4. The Kier molecular flexibility index (Phi) is 9.83. The van der Waals surface area contributed by atoms with Crippen molar-refractivity contribution in [3.8, 4) is 73.2 Å². The highest BCUT2D eigenvalue weighted by Gasteiger charge is 2.31. The second kappa shape index (κ2) is 15.7. The highest BCUT2D eigenvalue weighted by molar-refractivity contribution is 6.12. The van der Waals surface area contributed by atoms with Gasteiger partial charge in [0.25, 0.3) is 0 Å². The van der Waals surface area contributed by atoms with Gasteiger partial charge in [0.05, 0.1) is 16.6 Å². The number of rotatable bonds is 7. The second-order valence-electron chi connectivity index (χ2n) is 16.4. The van der Waals surface area contributed by atoms with E-state index in [1.165, 1.54) is 34.4 Å². The predicted molar refractivity (Wildman–Crippen MR) is 251 cm³/mol. The first kappa shape index (κ1) is 39.5. The van der Waals surface area contributed by atoms with E-state index in [1.807, 2.05) is 78.9 Å². The molecule has 0 aliphatic carbocycles. The van der Waals surface area contributed by atoms with Crippen LogP contribution in [0.5, 0.6) is 0 Å². The van der Waals surface area contributed by atoms with Crippen LogP contribution in [0.4, 0.5) is 13.2 Å². The number of halogens is 3. The molecular formula is C56H41F3N4. The van der Waals surface area contributed by atoms with Crippen LogP contribution in [0.2, 0.25) is 0 Å². The van der Waals surface area contributed by atoms with Crippen LogP contribution in [0.15, 0.2) is 176 Å². The first-order valence-electron chi connectivity index (χ1n) is 20.9. The zero-order valence-electron chi connectivity index (χ0n) is 35.2. The summed E-state index contributed by atoms with van der Waals surface area (Å²) in [6, 6.07) is 57.1. The average Bonchev–Trinajstić information content (AvgIpc) is 3.61. The van der Waals surface area contributed by atoms with Gasteiger partial charge in [0.1, 0.15) is 0 Å². The maximum absolute atomic E-state index is 14.3. The van der Waals surface area contributed by atoms with E-state index in [4.69, 9.17) is 15.0 Å². The van der Waals surface area contributed by atoms with E-state index in [0.29, 0.717) is 34.2 Å². The molecule has 0 radical (unpaired) electrons. The summed E-state index contributed by atoms with van der Waals surface area (Å²) in [5.41, 5.74) is 14.4. The Morgan fingerprint density at radius 2 is 0.841 bits per heavy atom. The normalized spacial score (nSPS) is 11.7. The summed E-state index contributed by atoms with van der Waals surface area (Å²) in [5.74, 6) is 1.25. The molecule has 0 spiro atoms. The number of alkyl halides is 3. The number of fused-ring (bicyclic) bond motifs is 3. The first-order valence-corrected chi connectivity index (χ1v) is 20.9. The van der Waals surface area contributed by atoms with E-state index >= 15 is 0 Å². The minimum atomic E-state index is -4.53. The van der Waals surface area contributed by atoms with Crippen molar-refractivity contribution in [3.63, 3.8) is 0 Å². The molecule has 2 heterocycles. The summed E-state index contributed by atoms with van der Waals surface area (Å²) in [5, 5.41) is 2.16. The van der Waals surface area contributed by atoms with Gasteiger partial charge in [-0.25, -0.2) is 15.0 Å². The van der Waals surface area contributed by atoms with Gasteiger partial charge in [-0.05, 0) is 110 Å². The van der Waals surface area contributed by atoms with Crippen molar-refractivity contribution in [1.29, 1.82) is 0 Å². The number of benzene rings is 8. The molecule has 63 heavy (non-hydrogen) atoms. The topological polar surface area (TPSA) is 43.6 Å². The summed E-state index contributed by atoms with van der Waals surface area (Å²) < 4.78 is 45.0. The van der Waals surface area contributed by atoms with Gasteiger partial charge in [0, 0.05) is 33.2 Å². The minimum absolute atomic E-state index is 0.340. The number of hydrogen-bond donors (Lipinski definition) is 0. The van der Waals surface area contributed by atoms with Crippen LogP contribution in [-0.4, -0.2) is 19.5 Å². The third-order valence-electron chi connectivity index (χ3n) is 11.6. The molecule has 0 saturated carbocycles. The van der Waals surface area contributed by atoms with E-state index in [2.05, 4.69) is 105 Å². The van der Waals surface area contributed by atoms with Gasteiger partial charge in [-0.2, -0.15) is 13.2 Å². The molecule has 0 N–H and O–H groups in total. The SMILES string of the molecule is Cc1cc(C)cc(-c2ccc3c(c2)c2cc(-c4cc(C)cc(C)c4)ccc2n3-c2ccc(-c3cccc(C(F)(F)F)c3)c(-c3nc(-c4ccccc4)nc(-c4ccccc4)n3)c2)c1. The van der Waals surface area contributed by atoms with Crippen molar-refractivity contribution in [3.05, 3.63) is 204 Å². The summed E-state index contributed by atoms with van der Waals surface area (Å²) in [4.78, 5) is 15.1. The lowest BCUT2D eigenvalue weighted by Crippen LogP contribution is -2.05. The molecule has 0 saturated heterocycles. The first-order chi connectivity index (χ1) is 30.4. The lowest BCUT2D eigenvalue weighted by Gasteiger charge is -2.16. The molecule has 10 rings (SSSR count). The van der Waals surface area contributed by atoms with Gasteiger partial charge < -0.3 is 4.57 Å². The van der Waals surface area contributed by atoms with Crippen molar-refractivity contribution < 1.29 is 13.2 Å². The van der Waals surface area contributed by atoms with E-state index in [1.54, 1.807) is 6.07 Å².